The van der Waals surface area contributed by atoms with Gasteiger partial charge in [-0.05, 0) is 73.6 Å². The number of hydrogen-bond donors (Lipinski definition) is 1. The molecule has 5 aliphatic rings. The number of hydrogen-bond acceptors (Lipinski definition) is 4. The summed E-state index contributed by atoms with van der Waals surface area (Å²) in [5, 5.41) is 11.8. The zero-order valence-corrected chi connectivity index (χ0v) is 23.4. The maximum absolute atomic E-state index is 17.6. The predicted molar refractivity (Wildman–Crippen MR) is 145 cm³/mol. The molecule has 1 N–H and O–H groups in total. The Morgan fingerprint density at radius 1 is 1.18 bits per heavy atom. The van der Waals surface area contributed by atoms with Crippen molar-refractivity contribution in [3.05, 3.63) is 59.7 Å². The second kappa shape index (κ2) is 8.81. The lowest BCUT2D eigenvalue weighted by atomic mass is 9.43. The average Bonchev–Trinajstić information content (AvgIpc) is 3.38. The molecule has 1 aromatic rings. The van der Waals surface area contributed by atoms with Gasteiger partial charge in [0, 0.05) is 44.6 Å². The second-order valence-corrected chi connectivity index (χ2v) is 13.2. The lowest BCUT2D eigenvalue weighted by molar-refractivity contribution is -0.213. The van der Waals surface area contributed by atoms with Crippen LogP contribution in [0, 0.1) is 34.0 Å². The van der Waals surface area contributed by atoms with Gasteiger partial charge in [0.25, 0.3) is 0 Å². The number of aliphatic hydroxyl groups excluding tert-OH is 1. The van der Waals surface area contributed by atoms with E-state index in [1.165, 1.54) is 23.8 Å². The second-order valence-electron chi connectivity index (χ2n) is 13.2. The van der Waals surface area contributed by atoms with Gasteiger partial charge in [0.1, 0.15) is 6.17 Å². The molecule has 1 amide bonds. The third-order valence-corrected chi connectivity index (χ3v) is 11.7. The van der Waals surface area contributed by atoms with E-state index in [1.54, 1.807) is 11.8 Å². The fourth-order valence-corrected chi connectivity index (χ4v) is 9.68. The van der Waals surface area contributed by atoms with E-state index >= 15 is 8.78 Å². The largest absolute Gasteiger partial charge is 0.390 e. The van der Waals surface area contributed by atoms with Crippen LogP contribution in [0.15, 0.2) is 54.1 Å². The third kappa shape index (κ3) is 3.35. The molecule has 1 aromatic carbocycles. The van der Waals surface area contributed by atoms with Crippen LogP contribution in [-0.2, 0) is 16.1 Å². The molecule has 210 valence electrons. The number of aliphatic hydroxyl groups is 1. The highest BCUT2D eigenvalue weighted by molar-refractivity contribution is 6.01. The summed E-state index contributed by atoms with van der Waals surface area (Å²) in [4.78, 5) is 30.6. The van der Waals surface area contributed by atoms with Crippen molar-refractivity contribution in [2.75, 3.05) is 26.7 Å². The SMILES string of the molecule is CCN(C)C(=O)C12CN(Cc3ccccc3)CC1CC1C3CC(F)C4=CC(=O)C=CC4(C)C3(F)C(O)CC12C. The van der Waals surface area contributed by atoms with E-state index in [0.717, 1.165) is 6.54 Å². The number of fused-ring (bicyclic) bond motifs is 7. The molecule has 1 aliphatic heterocycles. The van der Waals surface area contributed by atoms with Crippen molar-refractivity contribution in [1.82, 2.24) is 9.80 Å². The van der Waals surface area contributed by atoms with Gasteiger partial charge in [0.05, 0.1) is 11.5 Å². The van der Waals surface area contributed by atoms with E-state index in [2.05, 4.69) is 24.0 Å². The zero-order valence-electron chi connectivity index (χ0n) is 23.4. The topological polar surface area (TPSA) is 60.9 Å². The highest BCUT2D eigenvalue weighted by Crippen LogP contribution is 2.74. The molecule has 6 rings (SSSR count). The average molecular weight is 539 g/mol. The van der Waals surface area contributed by atoms with E-state index < -0.39 is 40.1 Å². The molecule has 3 saturated carbocycles. The summed E-state index contributed by atoms with van der Waals surface area (Å²) >= 11 is 0. The first-order valence-electron chi connectivity index (χ1n) is 14.4. The van der Waals surface area contributed by atoms with Crippen molar-refractivity contribution in [2.24, 2.45) is 34.0 Å². The van der Waals surface area contributed by atoms with Crippen LogP contribution in [0.4, 0.5) is 8.78 Å². The van der Waals surface area contributed by atoms with Crippen molar-refractivity contribution in [2.45, 2.75) is 64.5 Å². The van der Waals surface area contributed by atoms with E-state index in [9.17, 15) is 14.7 Å². The molecule has 4 fully saturated rings. The molecule has 1 heterocycles. The fraction of sp³-hybridized carbons (Fsp3) is 0.625. The number of carbonyl (C=O) groups is 2. The molecule has 9 unspecified atom stereocenters. The minimum absolute atomic E-state index is 0.0152. The van der Waals surface area contributed by atoms with Crippen molar-refractivity contribution < 1.29 is 23.5 Å². The molecule has 9 atom stereocenters. The van der Waals surface area contributed by atoms with E-state index in [0.29, 0.717) is 26.1 Å². The van der Waals surface area contributed by atoms with Gasteiger partial charge in [0.15, 0.2) is 11.5 Å². The van der Waals surface area contributed by atoms with Gasteiger partial charge < -0.3 is 10.0 Å². The molecular formula is C32H40F2N2O3. The highest BCUT2D eigenvalue weighted by atomic mass is 19.1. The van der Waals surface area contributed by atoms with Gasteiger partial charge in [-0.15, -0.1) is 0 Å². The molecule has 7 heteroatoms. The predicted octanol–water partition coefficient (Wildman–Crippen LogP) is 4.51. The van der Waals surface area contributed by atoms with Crippen molar-refractivity contribution >= 4 is 11.7 Å². The summed E-state index contributed by atoms with van der Waals surface area (Å²) in [6.07, 6.45) is 1.85. The number of amides is 1. The van der Waals surface area contributed by atoms with Crippen LogP contribution >= 0.6 is 0 Å². The third-order valence-electron chi connectivity index (χ3n) is 11.7. The van der Waals surface area contributed by atoms with Crippen LogP contribution < -0.4 is 0 Å². The normalized spacial score (nSPS) is 44.7. The standard InChI is InChI=1S/C32H40F2N2O3/c1-5-35(4)28(39)31-19-36(17-20-9-7-6-8-10-20)18-21(31)13-23-24-15-26(33)25-14-22(37)11-12-29(25,2)32(24,34)27(38)16-30(23,31)3/h6-12,14,21,23-24,26-27,38H,5,13,15-19H2,1-4H3. The lowest BCUT2D eigenvalue weighted by Gasteiger charge is -2.63. The Labute approximate surface area is 229 Å². The van der Waals surface area contributed by atoms with E-state index in [-0.39, 0.29) is 41.9 Å². The quantitative estimate of drug-likeness (QED) is 0.613. The summed E-state index contributed by atoms with van der Waals surface area (Å²) in [5.41, 5.74) is -3.70. The van der Waals surface area contributed by atoms with Gasteiger partial charge in [-0.25, -0.2) is 8.78 Å². The maximum atomic E-state index is 17.6. The number of likely N-dealkylation sites (tertiary alicyclic amines) is 1. The van der Waals surface area contributed by atoms with Crippen LogP contribution in [0.3, 0.4) is 0 Å². The molecule has 4 aliphatic carbocycles. The Balaban J connectivity index is 1.43. The van der Waals surface area contributed by atoms with Crippen LogP contribution in [-0.4, -0.2) is 71.2 Å². The number of halogens is 2. The van der Waals surface area contributed by atoms with Gasteiger partial charge in [0.2, 0.25) is 5.91 Å². The first-order valence-corrected chi connectivity index (χ1v) is 14.4. The van der Waals surface area contributed by atoms with Gasteiger partial charge in [-0.3, -0.25) is 14.5 Å². The Kier molecular flexibility index (Phi) is 6.06. The summed E-state index contributed by atoms with van der Waals surface area (Å²) in [5.74, 6) is -1.32. The Hall–Kier alpha value is -2.38. The summed E-state index contributed by atoms with van der Waals surface area (Å²) in [6.45, 7) is 8.19. The molecule has 0 radical (unpaired) electrons. The minimum atomic E-state index is -2.12. The number of nitrogens with zero attached hydrogens (tertiary/aromatic N) is 2. The molecular weight excluding hydrogens is 498 g/mol. The van der Waals surface area contributed by atoms with Gasteiger partial charge in [-0.2, -0.15) is 0 Å². The molecule has 0 aromatic heterocycles. The minimum Gasteiger partial charge on any atom is -0.390 e. The number of benzene rings is 1. The Morgan fingerprint density at radius 3 is 2.59 bits per heavy atom. The van der Waals surface area contributed by atoms with Gasteiger partial charge >= 0.3 is 0 Å². The monoisotopic (exact) mass is 538 g/mol. The lowest BCUT2D eigenvalue weighted by Crippen LogP contribution is -2.70. The van der Waals surface area contributed by atoms with Crippen molar-refractivity contribution in [1.29, 1.82) is 0 Å². The number of ketones is 1. The van der Waals surface area contributed by atoms with Crippen molar-refractivity contribution in [3.63, 3.8) is 0 Å². The molecule has 39 heavy (non-hydrogen) atoms. The van der Waals surface area contributed by atoms with E-state index in [1.807, 2.05) is 32.2 Å². The highest BCUT2D eigenvalue weighted by Gasteiger charge is 2.78. The first kappa shape index (κ1) is 26.8. The Morgan fingerprint density at radius 2 is 1.90 bits per heavy atom. The summed E-state index contributed by atoms with van der Waals surface area (Å²) in [6, 6.07) is 10.2. The molecule has 0 spiro atoms. The number of alkyl halides is 2. The number of carbonyl (C=O) groups excluding carboxylic acids is 2. The first-order chi connectivity index (χ1) is 18.4. The smallest absolute Gasteiger partial charge is 0.230 e. The molecule has 0 bridgehead atoms. The molecule has 1 saturated heterocycles. The zero-order chi connectivity index (χ0) is 28.0. The number of rotatable bonds is 4. The maximum Gasteiger partial charge on any atom is 0.230 e. The summed E-state index contributed by atoms with van der Waals surface area (Å²) < 4.78 is 33.4. The van der Waals surface area contributed by atoms with Crippen LogP contribution in [0.2, 0.25) is 0 Å². The van der Waals surface area contributed by atoms with E-state index in [4.69, 9.17) is 0 Å². The fourth-order valence-electron chi connectivity index (χ4n) is 9.68. The van der Waals surface area contributed by atoms with Crippen molar-refractivity contribution in [3.8, 4) is 0 Å². The summed E-state index contributed by atoms with van der Waals surface area (Å²) in [7, 11) is 1.82. The van der Waals surface area contributed by atoms with Crippen LogP contribution in [0.25, 0.3) is 0 Å². The van der Waals surface area contributed by atoms with Crippen LogP contribution in [0.1, 0.15) is 45.6 Å². The molecule has 5 nitrogen and oxygen atoms in total. The van der Waals surface area contributed by atoms with Gasteiger partial charge in [-0.1, -0.05) is 43.3 Å². The van der Waals surface area contributed by atoms with Crippen LogP contribution in [0.5, 0.6) is 0 Å². The number of allylic oxidation sites excluding steroid dienone is 4. The Bertz CT molecular complexity index is 1250.